The highest BCUT2D eigenvalue weighted by molar-refractivity contribution is 7.99. The average molecular weight is 503 g/mol. The van der Waals surface area contributed by atoms with Crippen molar-refractivity contribution in [1.29, 1.82) is 0 Å². The van der Waals surface area contributed by atoms with Crippen LogP contribution in [-0.2, 0) is 0 Å². The van der Waals surface area contributed by atoms with Crippen molar-refractivity contribution in [3.05, 3.63) is 126 Å². The number of fused-ring (bicyclic) bond motifs is 4. The van der Waals surface area contributed by atoms with Crippen LogP contribution in [0.1, 0.15) is 60.8 Å². The quantitative estimate of drug-likeness (QED) is 0.280. The molecule has 184 valence electrons. The highest BCUT2D eigenvalue weighted by atomic mass is 32.2. The molecule has 1 aliphatic carbocycles. The van der Waals surface area contributed by atoms with Crippen molar-refractivity contribution in [2.45, 2.75) is 59.6 Å². The Bertz CT molecular complexity index is 1410. The summed E-state index contributed by atoms with van der Waals surface area (Å²) in [4.78, 5) is 2.50. The molecular formula is C33H30N2OS. The Morgan fingerprint density at radius 2 is 1.38 bits per heavy atom. The second kappa shape index (κ2) is 9.42. The SMILES string of the molecule is c1ccc(Sc2ccc(C3=NN4C(C3)c3ccccc3OC43CCC(c4ccccc4)CC3)cc2)cc1. The fraction of sp³-hybridized carbons (Fsp3) is 0.242. The van der Waals surface area contributed by atoms with E-state index in [0.29, 0.717) is 5.92 Å². The molecule has 4 heteroatoms. The van der Waals surface area contributed by atoms with Crippen molar-refractivity contribution < 1.29 is 4.74 Å². The first-order valence-corrected chi connectivity index (χ1v) is 14.1. The molecule has 1 spiro atoms. The van der Waals surface area contributed by atoms with E-state index in [2.05, 4.69) is 114 Å². The predicted molar refractivity (Wildman–Crippen MR) is 150 cm³/mol. The molecule has 3 nitrogen and oxygen atoms in total. The number of hydrazone groups is 1. The van der Waals surface area contributed by atoms with E-state index in [1.165, 1.54) is 26.5 Å². The smallest absolute Gasteiger partial charge is 0.198 e. The van der Waals surface area contributed by atoms with E-state index >= 15 is 0 Å². The summed E-state index contributed by atoms with van der Waals surface area (Å²) < 4.78 is 6.84. The minimum absolute atomic E-state index is 0.228. The monoisotopic (exact) mass is 502 g/mol. The van der Waals surface area contributed by atoms with Crippen LogP contribution in [0.4, 0.5) is 0 Å². The van der Waals surface area contributed by atoms with Gasteiger partial charge >= 0.3 is 0 Å². The highest BCUT2D eigenvalue weighted by Crippen LogP contribution is 2.53. The average Bonchev–Trinajstić information content (AvgIpc) is 3.42. The zero-order chi connectivity index (χ0) is 24.7. The number of hydrogen-bond acceptors (Lipinski definition) is 4. The predicted octanol–water partition coefficient (Wildman–Crippen LogP) is 8.44. The van der Waals surface area contributed by atoms with Gasteiger partial charge in [-0.2, -0.15) is 5.10 Å². The first kappa shape index (κ1) is 22.7. The minimum Gasteiger partial charge on any atom is -0.466 e. The molecule has 0 radical (unpaired) electrons. The van der Waals surface area contributed by atoms with Gasteiger partial charge in [0.25, 0.3) is 0 Å². The standard InChI is InChI=1S/C33H30N2OS/c1-3-9-24(10-4-1)25-19-21-33(22-20-25)35-31(29-13-7-8-14-32(29)36-33)23-30(34-35)26-15-17-28(18-16-26)37-27-11-5-2-6-12-27/h1-18,25,31H,19-23H2. The van der Waals surface area contributed by atoms with Gasteiger partial charge in [0.1, 0.15) is 5.75 Å². The topological polar surface area (TPSA) is 24.8 Å². The summed E-state index contributed by atoms with van der Waals surface area (Å²) in [6, 6.07) is 39.2. The summed E-state index contributed by atoms with van der Waals surface area (Å²) in [6.07, 6.45) is 5.12. The molecule has 1 atom stereocenters. The van der Waals surface area contributed by atoms with E-state index < -0.39 is 0 Å². The molecule has 0 bridgehead atoms. The maximum absolute atomic E-state index is 6.84. The van der Waals surface area contributed by atoms with Gasteiger partial charge in [-0.15, -0.1) is 0 Å². The molecule has 4 aromatic rings. The first-order valence-electron chi connectivity index (χ1n) is 13.3. The van der Waals surface area contributed by atoms with Gasteiger partial charge in [0.05, 0.1) is 11.8 Å². The molecule has 1 fully saturated rings. The molecule has 1 unspecified atom stereocenters. The lowest BCUT2D eigenvalue weighted by molar-refractivity contribution is -0.142. The maximum atomic E-state index is 6.84. The van der Waals surface area contributed by atoms with Crippen molar-refractivity contribution in [2.24, 2.45) is 5.10 Å². The van der Waals surface area contributed by atoms with Crippen LogP contribution < -0.4 is 4.74 Å². The molecule has 2 heterocycles. The third-order valence-electron chi connectivity index (χ3n) is 8.11. The zero-order valence-electron chi connectivity index (χ0n) is 20.8. The van der Waals surface area contributed by atoms with Crippen LogP contribution in [-0.4, -0.2) is 16.4 Å². The number of nitrogens with zero attached hydrogens (tertiary/aromatic N) is 2. The van der Waals surface area contributed by atoms with Crippen LogP contribution >= 0.6 is 11.8 Å². The van der Waals surface area contributed by atoms with Gasteiger partial charge in [0.15, 0.2) is 5.72 Å². The summed E-state index contributed by atoms with van der Waals surface area (Å²) in [5.41, 5.74) is 4.70. The molecular weight excluding hydrogens is 472 g/mol. The molecule has 0 saturated heterocycles. The van der Waals surface area contributed by atoms with Crippen LogP contribution in [0.3, 0.4) is 0 Å². The molecule has 7 rings (SSSR count). The van der Waals surface area contributed by atoms with Gasteiger partial charge in [-0.05, 0) is 60.2 Å². The van der Waals surface area contributed by atoms with Gasteiger partial charge in [-0.25, -0.2) is 5.01 Å². The first-order chi connectivity index (χ1) is 18.3. The third kappa shape index (κ3) is 4.23. The summed E-state index contributed by atoms with van der Waals surface area (Å²) in [5.74, 6) is 1.62. The van der Waals surface area contributed by atoms with Crippen molar-refractivity contribution in [3.8, 4) is 5.75 Å². The fourth-order valence-corrected chi connectivity index (χ4v) is 7.04. The Balaban J connectivity index is 1.16. The van der Waals surface area contributed by atoms with Crippen LogP contribution in [0.2, 0.25) is 0 Å². The second-order valence-corrected chi connectivity index (χ2v) is 11.5. The Morgan fingerprint density at radius 1 is 0.730 bits per heavy atom. The van der Waals surface area contributed by atoms with Gasteiger partial charge < -0.3 is 4.74 Å². The fourth-order valence-electron chi connectivity index (χ4n) is 6.20. The normalized spacial score (nSPS) is 24.2. The number of ether oxygens (including phenoxy) is 1. The van der Waals surface area contributed by atoms with Gasteiger partial charge in [-0.3, -0.25) is 0 Å². The summed E-state index contributed by atoms with van der Waals surface area (Å²) in [7, 11) is 0. The Hall–Kier alpha value is -3.50. The Morgan fingerprint density at radius 3 is 2.14 bits per heavy atom. The zero-order valence-corrected chi connectivity index (χ0v) is 21.6. The van der Waals surface area contributed by atoms with Crippen molar-refractivity contribution in [1.82, 2.24) is 5.01 Å². The molecule has 0 amide bonds. The van der Waals surface area contributed by atoms with E-state index in [4.69, 9.17) is 9.84 Å². The highest BCUT2D eigenvalue weighted by Gasteiger charge is 2.51. The van der Waals surface area contributed by atoms with Gasteiger partial charge in [0.2, 0.25) is 0 Å². The molecule has 2 aliphatic heterocycles. The van der Waals surface area contributed by atoms with E-state index in [0.717, 1.165) is 43.6 Å². The molecule has 4 aromatic carbocycles. The van der Waals surface area contributed by atoms with Gasteiger partial charge in [-0.1, -0.05) is 90.6 Å². The molecule has 37 heavy (non-hydrogen) atoms. The maximum Gasteiger partial charge on any atom is 0.198 e. The number of para-hydroxylation sites is 1. The van der Waals surface area contributed by atoms with E-state index in [9.17, 15) is 0 Å². The Labute approximate surface area is 223 Å². The minimum atomic E-state index is -0.366. The summed E-state index contributed by atoms with van der Waals surface area (Å²) >= 11 is 1.80. The molecule has 0 N–H and O–H groups in total. The van der Waals surface area contributed by atoms with Crippen LogP contribution in [0, 0.1) is 0 Å². The molecule has 3 aliphatic rings. The van der Waals surface area contributed by atoms with Crippen LogP contribution in [0.15, 0.2) is 124 Å². The van der Waals surface area contributed by atoms with Crippen LogP contribution in [0.25, 0.3) is 0 Å². The van der Waals surface area contributed by atoms with E-state index in [1.54, 1.807) is 11.8 Å². The Kier molecular flexibility index (Phi) is 5.78. The van der Waals surface area contributed by atoms with Crippen molar-refractivity contribution in [3.63, 3.8) is 0 Å². The number of benzene rings is 4. The number of hydrogen-bond donors (Lipinski definition) is 0. The van der Waals surface area contributed by atoms with E-state index in [-0.39, 0.29) is 11.8 Å². The number of rotatable bonds is 4. The lowest BCUT2D eigenvalue weighted by Crippen LogP contribution is -2.55. The molecule has 1 saturated carbocycles. The van der Waals surface area contributed by atoms with Gasteiger partial charge in [0, 0.05) is 34.6 Å². The third-order valence-corrected chi connectivity index (χ3v) is 9.13. The van der Waals surface area contributed by atoms with E-state index in [1.807, 2.05) is 0 Å². The molecule has 0 aromatic heterocycles. The summed E-state index contributed by atoms with van der Waals surface area (Å²) in [5, 5.41) is 7.62. The summed E-state index contributed by atoms with van der Waals surface area (Å²) in [6.45, 7) is 0. The van der Waals surface area contributed by atoms with Crippen LogP contribution in [0.5, 0.6) is 5.75 Å². The largest absolute Gasteiger partial charge is 0.466 e. The lowest BCUT2D eigenvalue weighted by Gasteiger charge is -2.50. The second-order valence-electron chi connectivity index (χ2n) is 10.3. The lowest BCUT2D eigenvalue weighted by atomic mass is 9.78. The van der Waals surface area contributed by atoms with Crippen molar-refractivity contribution >= 4 is 17.5 Å². The van der Waals surface area contributed by atoms with Crippen molar-refractivity contribution in [2.75, 3.05) is 0 Å².